The zero-order valence-electron chi connectivity index (χ0n) is 16.9. The largest absolute Gasteiger partial charge is 0.325 e. The van der Waals surface area contributed by atoms with Crippen LogP contribution in [0.3, 0.4) is 0 Å². The van der Waals surface area contributed by atoms with Gasteiger partial charge >= 0.3 is 0 Å². The van der Waals surface area contributed by atoms with Gasteiger partial charge in [0.15, 0.2) is 0 Å². The molecule has 0 saturated carbocycles. The molecule has 0 aliphatic carbocycles. The molecule has 1 aliphatic heterocycles. The summed E-state index contributed by atoms with van der Waals surface area (Å²) in [6.07, 6.45) is 0. The minimum absolute atomic E-state index is 0.0331. The Hall–Kier alpha value is -2.77. The first kappa shape index (κ1) is 21.0. The predicted molar refractivity (Wildman–Crippen MR) is 112 cm³/mol. The Balaban J connectivity index is 1.40. The first-order valence-electron chi connectivity index (χ1n) is 9.76. The van der Waals surface area contributed by atoms with Gasteiger partial charge in [0, 0.05) is 37.6 Å². The summed E-state index contributed by atoms with van der Waals surface area (Å²) in [4.78, 5) is 28.6. The van der Waals surface area contributed by atoms with Gasteiger partial charge in [-0.15, -0.1) is 0 Å². The molecule has 0 aromatic heterocycles. The SMILES string of the molecule is Cc1ccc(NC(=O)CN2CCN(CC(=O)Nc3cccc(F)c3)CC2)c(C)c1. The molecule has 1 heterocycles. The summed E-state index contributed by atoms with van der Waals surface area (Å²) in [5.41, 5.74) is 3.51. The van der Waals surface area contributed by atoms with Crippen LogP contribution in [0.15, 0.2) is 42.5 Å². The van der Waals surface area contributed by atoms with Gasteiger partial charge in [0.2, 0.25) is 11.8 Å². The molecule has 0 spiro atoms. The Morgan fingerprint density at radius 1 is 0.897 bits per heavy atom. The molecule has 1 aliphatic rings. The molecule has 1 fully saturated rings. The van der Waals surface area contributed by atoms with E-state index in [0.29, 0.717) is 38.4 Å². The van der Waals surface area contributed by atoms with Crippen LogP contribution in [0.2, 0.25) is 0 Å². The van der Waals surface area contributed by atoms with E-state index in [4.69, 9.17) is 0 Å². The maximum atomic E-state index is 13.2. The summed E-state index contributed by atoms with van der Waals surface area (Å²) >= 11 is 0. The summed E-state index contributed by atoms with van der Waals surface area (Å²) in [5, 5.41) is 5.68. The van der Waals surface area contributed by atoms with E-state index in [1.807, 2.05) is 36.9 Å². The monoisotopic (exact) mass is 398 g/mol. The van der Waals surface area contributed by atoms with Crippen molar-refractivity contribution in [2.24, 2.45) is 0 Å². The third kappa shape index (κ3) is 6.37. The highest BCUT2D eigenvalue weighted by Crippen LogP contribution is 2.16. The number of carbonyl (C=O) groups excluding carboxylic acids is 2. The van der Waals surface area contributed by atoms with Gasteiger partial charge in [0.05, 0.1) is 13.1 Å². The normalized spacial score (nSPS) is 15.1. The van der Waals surface area contributed by atoms with Crippen LogP contribution in [0, 0.1) is 19.7 Å². The van der Waals surface area contributed by atoms with Crippen LogP contribution in [-0.4, -0.2) is 60.9 Å². The summed E-state index contributed by atoms with van der Waals surface area (Å²) in [6, 6.07) is 11.8. The topological polar surface area (TPSA) is 64.7 Å². The summed E-state index contributed by atoms with van der Waals surface area (Å²) in [6.45, 7) is 7.42. The van der Waals surface area contributed by atoms with Gasteiger partial charge in [-0.25, -0.2) is 4.39 Å². The van der Waals surface area contributed by atoms with Crippen LogP contribution < -0.4 is 10.6 Å². The van der Waals surface area contributed by atoms with Gasteiger partial charge in [-0.3, -0.25) is 19.4 Å². The quantitative estimate of drug-likeness (QED) is 0.785. The van der Waals surface area contributed by atoms with Crippen molar-refractivity contribution < 1.29 is 14.0 Å². The summed E-state index contributed by atoms with van der Waals surface area (Å²) in [5.74, 6) is -0.582. The number of nitrogens with zero attached hydrogens (tertiary/aromatic N) is 2. The number of aryl methyl sites for hydroxylation is 2. The first-order chi connectivity index (χ1) is 13.9. The standard InChI is InChI=1S/C22H27FN4O2/c1-16-6-7-20(17(2)12-16)25-22(29)15-27-10-8-26(9-11-27)14-21(28)24-19-5-3-4-18(23)13-19/h3-7,12-13H,8-11,14-15H2,1-2H3,(H,24,28)(H,25,29). The van der Waals surface area contributed by atoms with Gasteiger partial charge in [-0.05, 0) is 43.7 Å². The fraction of sp³-hybridized carbons (Fsp3) is 0.364. The first-order valence-corrected chi connectivity index (χ1v) is 9.76. The van der Waals surface area contributed by atoms with Crippen molar-refractivity contribution in [3.05, 3.63) is 59.4 Å². The molecule has 154 valence electrons. The number of nitrogens with one attached hydrogen (secondary N) is 2. The Morgan fingerprint density at radius 3 is 2.10 bits per heavy atom. The van der Waals surface area contributed by atoms with Gasteiger partial charge in [0.25, 0.3) is 0 Å². The summed E-state index contributed by atoms with van der Waals surface area (Å²) < 4.78 is 13.2. The van der Waals surface area contributed by atoms with Crippen molar-refractivity contribution in [3.8, 4) is 0 Å². The second-order valence-electron chi connectivity index (χ2n) is 7.48. The van der Waals surface area contributed by atoms with Crippen molar-refractivity contribution in [3.63, 3.8) is 0 Å². The number of anilines is 2. The van der Waals surface area contributed by atoms with Crippen LogP contribution in [0.25, 0.3) is 0 Å². The number of amides is 2. The van der Waals surface area contributed by atoms with Crippen molar-refractivity contribution in [1.29, 1.82) is 0 Å². The Morgan fingerprint density at radius 2 is 1.52 bits per heavy atom. The lowest BCUT2D eigenvalue weighted by molar-refractivity contribution is -0.120. The molecule has 1 saturated heterocycles. The molecule has 2 aromatic rings. The van der Waals surface area contributed by atoms with E-state index in [9.17, 15) is 14.0 Å². The van der Waals surface area contributed by atoms with Crippen LogP contribution in [-0.2, 0) is 9.59 Å². The van der Waals surface area contributed by atoms with Crippen molar-refractivity contribution >= 4 is 23.2 Å². The highest BCUT2D eigenvalue weighted by molar-refractivity contribution is 5.93. The average Bonchev–Trinajstić information content (AvgIpc) is 2.65. The van der Waals surface area contributed by atoms with Gasteiger partial charge in [-0.2, -0.15) is 0 Å². The van der Waals surface area contributed by atoms with Crippen LogP contribution in [0.1, 0.15) is 11.1 Å². The molecule has 29 heavy (non-hydrogen) atoms. The molecule has 2 amide bonds. The van der Waals surface area contributed by atoms with Crippen LogP contribution >= 0.6 is 0 Å². The van der Waals surface area contributed by atoms with E-state index >= 15 is 0 Å². The molecular formula is C22H27FN4O2. The summed E-state index contributed by atoms with van der Waals surface area (Å²) in [7, 11) is 0. The Labute approximate surface area is 170 Å². The molecule has 2 aromatic carbocycles. The minimum atomic E-state index is -0.379. The van der Waals surface area contributed by atoms with Gasteiger partial charge in [0.1, 0.15) is 5.82 Å². The van der Waals surface area contributed by atoms with Crippen molar-refractivity contribution in [2.45, 2.75) is 13.8 Å². The van der Waals surface area contributed by atoms with Gasteiger partial charge in [-0.1, -0.05) is 23.8 Å². The number of benzene rings is 2. The number of rotatable bonds is 6. The molecular weight excluding hydrogens is 371 g/mol. The van der Waals surface area contributed by atoms with Gasteiger partial charge < -0.3 is 10.6 Å². The van der Waals surface area contributed by atoms with Crippen molar-refractivity contribution in [2.75, 3.05) is 49.9 Å². The fourth-order valence-corrected chi connectivity index (χ4v) is 3.42. The van der Waals surface area contributed by atoms with E-state index in [1.165, 1.54) is 12.1 Å². The number of hydrogen-bond acceptors (Lipinski definition) is 4. The van der Waals surface area contributed by atoms with E-state index in [-0.39, 0.29) is 24.2 Å². The predicted octanol–water partition coefficient (Wildman–Crippen LogP) is 2.64. The lowest BCUT2D eigenvalue weighted by atomic mass is 10.1. The zero-order valence-corrected chi connectivity index (χ0v) is 16.9. The number of piperazine rings is 1. The Bertz CT molecular complexity index is 879. The lowest BCUT2D eigenvalue weighted by Crippen LogP contribution is -2.50. The lowest BCUT2D eigenvalue weighted by Gasteiger charge is -2.33. The number of hydrogen-bond donors (Lipinski definition) is 2. The Kier molecular flexibility index (Phi) is 6.95. The van der Waals surface area contributed by atoms with E-state index in [0.717, 1.165) is 16.8 Å². The average molecular weight is 398 g/mol. The fourth-order valence-electron chi connectivity index (χ4n) is 3.42. The molecule has 0 radical (unpaired) electrons. The second kappa shape index (κ2) is 9.62. The van der Waals surface area contributed by atoms with Crippen LogP contribution in [0.4, 0.5) is 15.8 Å². The third-order valence-corrected chi connectivity index (χ3v) is 4.96. The number of carbonyl (C=O) groups is 2. The molecule has 0 unspecified atom stereocenters. The molecule has 3 rings (SSSR count). The number of halogens is 1. The van der Waals surface area contributed by atoms with E-state index in [1.54, 1.807) is 12.1 Å². The maximum absolute atomic E-state index is 13.2. The van der Waals surface area contributed by atoms with Crippen molar-refractivity contribution in [1.82, 2.24) is 9.80 Å². The molecule has 6 nitrogen and oxygen atoms in total. The molecule has 0 bridgehead atoms. The van der Waals surface area contributed by atoms with E-state index in [2.05, 4.69) is 15.5 Å². The molecule has 0 atom stereocenters. The molecule has 2 N–H and O–H groups in total. The zero-order chi connectivity index (χ0) is 20.8. The maximum Gasteiger partial charge on any atom is 0.238 e. The third-order valence-electron chi connectivity index (χ3n) is 4.96. The van der Waals surface area contributed by atoms with Crippen LogP contribution in [0.5, 0.6) is 0 Å². The smallest absolute Gasteiger partial charge is 0.238 e. The highest BCUT2D eigenvalue weighted by atomic mass is 19.1. The van der Waals surface area contributed by atoms with E-state index < -0.39 is 0 Å². The minimum Gasteiger partial charge on any atom is -0.325 e. The highest BCUT2D eigenvalue weighted by Gasteiger charge is 2.21. The second-order valence-corrected chi connectivity index (χ2v) is 7.48. The molecule has 7 heteroatoms.